The van der Waals surface area contributed by atoms with Crippen LogP contribution in [-0.4, -0.2) is 30.1 Å². The standard InChI is InChI=1S/C14H11N7/c1-8-17-12-10(6-15-7-16-12)13(18-8)19-14-9-4-2-3-5-11(9)20-21-14/h2-7H,1H3,(H2,15,16,17,18,19,20,21). The van der Waals surface area contributed by atoms with Gasteiger partial charge in [0.25, 0.3) is 0 Å². The predicted octanol–water partition coefficient (Wildman–Crippen LogP) is 2.35. The Morgan fingerprint density at radius 1 is 1.05 bits per heavy atom. The number of aromatic nitrogens is 6. The van der Waals surface area contributed by atoms with Crippen molar-refractivity contribution < 1.29 is 0 Å². The third kappa shape index (κ3) is 1.95. The average molecular weight is 277 g/mol. The lowest BCUT2D eigenvalue weighted by atomic mass is 10.2. The molecule has 0 spiro atoms. The van der Waals surface area contributed by atoms with E-state index in [4.69, 9.17) is 0 Å². The van der Waals surface area contributed by atoms with Gasteiger partial charge in [0.1, 0.15) is 18.0 Å². The van der Waals surface area contributed by atoms with E-state index in [0.29, 0.717) is 23.1 Å². The van der Waals surface area contributed by atoms with Crippen LogP contribution in [0.2, 0.25) is 0 Å². The van der Waals surface area contributed by atoms with Crippen LogP contribution in [0.25, 0.3) is 21.9 Å². The normalized spacial score (nSPS) is 11.1. The molecule has 0 bridgehead atoms. The van der Waals surface area contributed by atoms with Gasteiger partial charge in [-0.05, 0) is 19.1 Å². The highest BCUT2D eigenvalue weighted by atomic mass is 15.2. The van der Waals surface area contributed by atoms with E-state index in [1.165, 1.54) is 6.33 Å². The van der Waals surface area contributed by atoms with Gasteiger partial charge in [0, 0.05) is 11.6 Å². The van der Waals surface area contributed by atoms with Gasteiger partial charge < -0.3 is 5.32 Å². The number of H-pyrrole nitrogens is 1. The van der Waals surface area contributed by atoms with Gasteiger partial charge in [0.15, 0.2) is 11.5 Å². The molecule has 4 rings (SSSR count). The number of aryl methyl sites for hydroxylation is 1. The first-order valence-corrected chi connectivity index (χ1v) is 6.46. The van der Waals surface area contributed by atoms with Gasteiger partial charge in [-0.3, -0.25) is 5.10 Å². The molecule has 3 aromatic heterocycles. The quantitative estimate of drug-likeness (QED) is 0.584. The van der Waals surface area contributed by atoms with Crippen LogP contribution in [-0.2, 0) is 0 Å². The summed E-state index contributed by atoms with van der Waals surface area (Å²) in [4.78, 5) is 16.9. The lowest BCUT2D eigenvalue weighted by Crippen LogP contribution is -2.01. The number of rotatable bonds is 2. The van der Waals surface area contributed by atoms with Crippen LogP contribution in [0.1, 0.15) is 5.82 Å². The van der Waals surface area contributed by atoms with Crippen molar-refractivity contribution in [3.05, 3.63) is 42.6 Å². The number of fused-ring (bicyclic) bond motifs is 2. The third-order valence-electron chi connectivity index (χ3n) is 3.19. The first-order chi connectivity index (χ1) is 10.3. The molecule has 1 aromatic carbocycles. The van der Waals surface area contributed by atoms with E-state index < -0.39 is 0 Å². The molecule has 0 saturated heterocycles. The van der Waals surface area contributed by atoms with Gasteiger partial charge in [0.2, 0.25) is 0 Å². The zero-order valence-corrected chi connectivity index (χ0v) is 11.2. The maximum atomic E-state index is 4.43. The molecule has 0 amide bonds. The van der Waals surface area contributed by atoms with Crippen LogP contribution in [0.4, 0.5) is 11.6 Å². The summed E-state index contributed by atoms with van der Waals surface area (Å²) in [5.41, 5.74) is 1.58. The Morgan fingerprint density at radius 3 is 2.90 bits per heavy atom. The summed E-state index contributed by atoms with van der Waals surface area (Å²) in [5.74, 6) is 2.01. The van der Waals surface area contributed by atoms with Crippen molar-refractivity contribution in [2.24, 2.45) is 0 Å². The first-order valence-electron chi connectivity index (χ1n) is 6.46. The van der Waals surface area contributed by atoms with Crippen LogP contribution in [0.3, 0.4) is 0 Å². The summed E-state index contributed by atoms with van der Waals surface area (Å²) in [6.45, 7) is 1.83. The van der Waals surface area contributed by atoms with Crippen molar-refractivity contribution in [2.75, 3.05) is 5.32 Å². The molecule has 0 saturated carbocycles. The Balaban J connectivity index is 1.87. The Kier molecular flexibility index (Phi) is 2.50. The zero-order valence-electron chi connectivity index (χ0n) is 11.2. The molecule has 7 heteroatoms. The van der Waals surface area contributed by atoms with E-state index in [2.05, 4.69) is 35.5 Å². The molecular weight excluding hydrogens is 266 g/mol. The van der Waals surface area contributed by atoms with E-state index in [1.54, 1.807) is 6.20 Å². The number of anilines is 2. The summed E-state index contributed by atoms with van der Waals surface area (Å²) in [7, 11) is 0. The first kappa shape index (κ1) is 11.7. The second-order valence-corrected chi connectivity index (χ2v) is 4.62. The van der Waals surface area contributed by atoms with E-state index in [1.807, 2.05) is 31.2 Å². The topological polar surface area (TPSA) is 92.3 Å². The van der Waals surface area contributed by atoms with Crippen LogP contribution >= 0.6 is 0 Å². The number of aromatic amines is 1. The smallest absolute Gasteiger partial charge is 0.168 e. The van der Waals surface area contributed by atoms with Crippen LogP contribution in [0.15, 0.2) is 36.8 Å². The van der Waals surface area contributed by atoms with Crippen LogP contribution < -0.4 is 5.32 Å². The number of benzene rings is 1. The van der Waals surface area contributed by atoms with Gasteiger partial charge in [0.05, 0.1) is 10.9 Å². The maximum absolute atomic E-state index is 4.43. The van der Waals surface area contributed by atoms with E-state index in [0.717, 1.165) is 16.3 Å². The summed E-state index contributed by atoms with van der Waals surface area (Å²) in [6, 6.07) is 7.89. The van der Waals surface area contributed by atoms with Gasteiger partial charge in [-0.1, -0.05) is 12.1 Å². The van der Waals surface area contributed by atoms with Crippen LogP contribution in [0, 0.1) is 6.92 Å². The van der Waals surface area contributed by atoms with E-state index in [-0.39, 0.29) is 0 Å². The van der Waals surface area contributed by atoms with E-state index in [9.17, 15) is 0 Å². The second-order valence-electron chi connectivity index (χ2n) is 4.62. The molecule has 0 aliphatic carbocycles. The van der Waals surface area contributed by atoms with E-state index >= 15 is 0 Å². The van der Waals surface area contributed by atoms with Crippen molar-refractivity contribution in [3.63, 3.8) is 0 Å². The molecule has 0 aliphatic heterocycles. The van der Waals surface area contributed by atoms with Gasteiger partial charge in [-0.15, -0.1) is 0 Å². The Morgan fingerprint density at radius 2 is 1.95 bits per heavy atom. The number of hydrogen-bond donors (Lipinski definition) is 2. The molecule has 0 unspecified atom stereocenters. The minimum absolute atomic E-state index is 0.611. The summed E-state index contributed by atoms with van der Waals surface area (Å²) in [5, 5.41) is 12.3. The molecule has 0 fully saturated rings. The average Bonchev–Trinajstić information content (AvgIpc) is 2.90. The largest absolute Gasteiger partial charge is 0.322 e. The molecular formula is C14H11N7. The fourth-order valence-electron chi connectivity index (χ4n) is 2.25. The number of para-hydroxylation sites is 1. The summed E-state index contributed by atoms with van der Waals surface area (Å²) in [6.07, 6.45) is 3.17. The monoisotopic (exact) mass is 277 g/mol. The van der Waals surface area contributed by atoms with Crippen LogP contribution in [0.5, 0.6) is 0 Å². The SMILES string of the molecule is Cc1nc(Nc2n[nH]c3ccccc23)c2cncnc2n1. The lowest BCUT2D eigenvalue weighted by molar-refractivity contribution is 1.05. The number of nitrogens with zero attached hydrogens (tertiary/aromatic N) is 5. The highest BCUT2D eigenvalue weighted by Crippen LogP contribution is 2.25. The molecule has 2 N–H and O–H groups in total. The van der Waals surface area contributed by atoms with Gasteiger partial charge in [-0.2, -0.15) is 5.10 Å². The Hall–Kier alpha value is -3.09. The van der Waals surface area contributed by atoms with Crippen molar-refractivity contribution in [1.29, 1.82) is 0 Å². The minimum Gasteiger partial charge on any atom is -0.322 e. The molecule has 0 radical (unpaired) electrons. The lowest BCUT2D eigenvalue weighted by Gasteiger charge is -2.06. The molecule has 21 heavy (non-hydrogen) atoms. The fraction of sp³-hybridized carbons (Fsp3) is 0.0714. The number of hydrogen-bond acceptors (Lipinski definition) is 6. The highest BCUT2D eigenvalue weighted by Gasteiger charge is 2.10. The summed E-state index contributed by atoms with van der Waals surface area (Å²) >= 11 is 0. The summed E-state index contributed by atoms with van der Waals surface area (Å²) < 4.78 is 0. The molecule has 4 aromatic rings. The minimum atomic E-state index is 0.611. The fourth-order valence-corrected chi connectivity index (χ4v) is 2.25. The van der Waals surface area contributed by atoms with Crippen molar-refractivity contribution >= 4 is 33.6 Å². The maximum Gasteiger partial charge on any atom is 0.168 e. The second kappa shape index (κ2) is 4.48. The van der Waals surface area contributed by atoms with Gasteiger partial charge >= 0.3 is 0 Å². The van der Waals surface area contributed by atoms with Crippen molar-refractivity contribution in [3.8, 4) is 0 Å². The highest BCUT2D eigenvalue weighted by molar-refractivity contribution is 5.94. The van der Waals surface area contributed by atoms with Crippen molar-refractivity contribution in [1.82, 2.24) is 30.1 Å². The predicted molar refractivity (Wildman–Crippen MR) is 79.2 cm³/mol. The molecule has 0 atom stereocenters. The molecule has 7 nitrogen and oxygen atoms in total. The zero-order chi connectivity index (χ0) is 14.2. The molecule has 0 aliphatic rings. The third-order valence-corrected chi connectivity index (χ3v) is 3.19. The Bertz CT molecular complexity index is 944. The Labute approximate surface area is 119 Å². The molecule has 102 valence electrons. The van der Waals surface area contributed by atoms with Gasteiger partial charge in [-0.25, -0.2) is 19.9 Å². The number of nitrogens with one attached hydrogen (secondary N) is 2. The molecule has 3 heterocycles. The van der Waals surface area contributed by atoms with Crippen molar-refractivity contribution in [2.45, 2.75) is 6.92 Å².